The zero-order chi connectivity index (χ0) is 21.3. The van der Waals surface area contributed by atoms with E-state index >= 15 is 0 Å². The Hall–Kier alpha value is -3.06. The molecule has 0 aliphatic heterocycles. The third-order valence-electron chi connectivity index (χ3n) is 5.47. The number of amides is 1. The molecule has 7 nitrogen and oxygen atoms in total. The molecule has 1 amide bonds. The van der Waals surface area contributed by atoms with Gasteiger partial charge in [0.15, 0.2) is 5.76 Å². The molecule has 2 heterocycles. The molecule has 1 atom stereocenters. The summed E-state index contributed by atoms with van der Waals surface area (Å²) >= 11 is 0. The molecule has 3 aromatic rings. The van der Waals surface area contributed by atoms with Crippen molar-refractivity contribution in [2.45, 2.75) is 39.3 Å². The minimum Gasteiger partial charge on any atom is -0.497 e. The standard InChI is InChI=1S/C23H27N3O4/c1-23(2)11-19(25-22(27)21-10-9-17(30-21)14-28-3)18-13-24-26(20(18)12-23)15-5-7-16(29-4)8-6-15/h5-10,13,19H,11-12,14H2,1-4H3,(H,25,27)/t19-/m1/s1. The van der Waals surface area contributed by atoms with Crippen LogP contribution in [0.4, 0.5) is 0 Å². The fraction of sp³-hybridized carbons (Fsp3) is 0.391. The lowest BCUT2D eigenvalue weighted by atomic mass is 9.74. The topological polar surface area (TPSA) is 78.5 Å². The van der Waals surface area contributed by atoms with Gasteiger partial charge in [-0.05, 0) is 54.7 Å². The van der Waals surface area contributed by atoms with E-state index in [-0.39, 0.29) is 23.1 Å². The van der Waals surface area contributed by atoms with E-state index in [1.807, 2.05) is 35.1 Å². The lowest BCUT2D eigenvalue weighted by Gasteiger charge is -2.35. The van der Waals surface area contributed by atoms with Crippen LogP contribution in [0.25, 0.3) is 5.69 Å². The van der Waals surface area contributed by atoms with Gasteiger partial charge in [-0.25, -0.2) is 4.68 Å². The van der Waals surface area contributed by atoms with Crippen LogP contribution in [0.2, 0.25) is 0 Å². The zero-order valence-electron chi connectivity index (χ0n) is 17.8. The number of nitrogens with one attached hydrogen (secondary N) is 1. The van der Waals surface area contributed by atoms with Crippen LogP contribution in [-0.2, 0) is 17.8 Å². The smallest absolute Gasteiger partial charge is 0.287 e. The second-order valence-electron chi connectivity index (χ2n) is 8.43. The molecule has 0 fully saturated rings. The van der Waals surface area contributed by atoms with Crippen LogP contribution in [0.1, 0.15) is 53.9 Å². The number of aromatic nitrogens is 2. The van der Waals surface area contributed by atoms with Crippen LogP contribution in [0.3, 0.4) is 0 Å². The van der Waals surface area contributed by atoms with Crippen molar-refractivity contribution in [1.82, 2.24) is 15.1 Å². The van der Waals surface area contributed by atoms with Gasteiger partial charge >= 0.3 is 0 Å². The quantitative estimate of drug-likeness (QED) is 0.664. The third kappa shape index (κ3) is 3.98. The van der Waals surface area contributed by atoms with Gasteiger partial charge in [0.1, 0.15) is 18.1 Å². The Kier molecular flexibility index (Phi) is 5.39. The van der Waals surface area contributed by atoms with Gasteiger partial charge in [0.2, 0.25) is 0 Å². The average Bonchev–Trinajstić information content (AvgIpc) is 3.35. The summed E-state index contributed by atoms with van der Waals surface area (Å²) in [4.78, 5) is 12.8. The maximum atomic E-state index is 12.8. The number of benzene rings is 1. The van der Waals surface area contributed by atoms with Gasteiger partial charge in [-0.15, -0.1) is 0 Å². The average molecular weight is 409 g/mol. The molecule has 0 saturated carbocycles. The molecule has 0 bridgehead atoms. The fourth-order valence-electron chi connectivity index (χ4n) is 4.07. The van der Waals surface area contributed by atoms with Crippen molar-refractivity contribution in [3.05, 3.63) is 65.4 Å². The van der Waals surface area contributed by atoms with E-state index in [4.69, 9.17) is 13.9 Å². The first-order valence-electron chi connectivity index (χ1n) is 10.00. The van der Waals surface area contributed by atoms with Crippen molar-refractivity contribution < 1.29 is 18.7 Å². The number of methoxy groups -OCH3 is 2. The summed E-state index contributed by atoms with van der Waals surface area (Å²) in [5.74, 6) is 1.48. The molecule has 0 spiro atoms. The molecule has 30 heavy (non-hydrogen) atoms. The second-order valence-corrected chi connectivity index (χ2v) is 8.43. The van der Waals surface area contributed by atoms with Gasteiger partial charge < -0.3 is 19.2 Å². The van der Waals surface area contributed by atoms with Gasteiger partial charge in [-0.1, -0.05) is 13.8 Å². The summed E-state index contributed by atoms with van der Waals surface area (Å²) in [6.07, 6.45) is 3.56. The number of ether oxygens (including phenoxy) is 2. The van der Waals surface area contributed by atoms with Crippen molar-refractivity contribution in [1.29, 1.82) is 0 Å². The molecular weight excluding hydrogens is 382 g/mol. The molecule has 0 unspecified atom stereocenters. The van der Waals surface area contributed by atoms with Crippen molar-refractivity contribution >= 4 is 5.91 Å². The Balaban J connectivity index is 1.61. The molecular formula is C23H27N3O4. The first-order chi connectivity index (χ1) is 14.4. The van der Waals surface area contributed by atoms with Crippen LogP contribution in [-0.4, -0.2) is 29.9 Å². The van der Waals surface area contributed by atoms with Gasteiger partial charge in [0.25, 0.3) is 5.91 Å². The third-order valence-corrected chi connectivity index (χ3v) is 5.47. The van der Waals surface area contributed by atoms with Gasteiger partial charge in [-0.2, -0.15) is 5.10 Å². The summed E-state index contributed by atoms with van der Waals surface area (Å²) in [5.41, 5.74) is 3.14. The van der Waals surface area contributed by atoms with E-state index in [0.29, 0.717) is 12.4 Å². The highest BCUT2D eigenvalue weighted by Gasteiger charge is 2.36. The van der Waals surface area contributed by atoms with E-state index in [0.717, 1.165) is 35.5 Å². The van der Waals surface area contributed by atoms with Crippen LogP contribution in [0, 0.1) is 5.41 Å². The van der Waals surface area contributed by atoms with Crippen molar-refractivity contribution in [2.24, 2.45) is 5.41 Å². The van der Waals surface area contributed by atoms with Crippen LogP contribution < -0.4 is 10.1 Å². The number of furan rings is 1. The molecule has 0 saturated heterocycles. The van der Waals surface area contributed by atoms with Crippen LogP contribution in [0.15, 0.2) is 47.0 Å². The second kappa shape index (κ2) is 7.99. The maximum absolute atomic E-state index is 12.8. The largest absolute Gasteiger partial charge is 0.497 e. The highest BCUT2D eigenvalue weighted by Crippen LogP contribution is 2.41. The number of rotatable bonds is 6. The van der Waals surface area contributed by atoms with Crippen molar-refractivity contribution in [2.75, 3.05) is 14.2 Å². The lowest BCUT2D eigenvalue weighted by molar-refractivity contribution is 0.0882. The van der Waals surface area contributed by atoms with E-state index in [1.165, 1.54) is 0 Å². The first-order valence-corrected chi connectivity index (χ1v) is 10.00. The lowest BCUT2D eigenvalue weighted by Crippen LogP contribution is -2.36. The van der Waals surface area contributed by atoms with Crippen molar-refractivity contribution in [3.8, 4) is 11.4 Å². The summed E-state index contributed by atoms with van der Waals surface area (Å²) in [7, 11) is 3.24. The number of carbonyl (C=O) groups is 1. The van der Waals surface area contributed by atoms with Gasteiger partial charge in [0.05, 0.1) is 30.7 Å². The molecule has 1 aliphatic carbocycles. The molecule has 1 N–H and O–H groups in total. The monoisotopic (exact) mass is 409 g/mol. The fourth-order valence-corrected chi connectivity index (χ4v) is 4.07. The number of carbonyl (C=O) groups excluding carboxylic acids is 1. The summed E-state index contributed by atoms with van der Waals surface area (Å²) in [5, 5.41) is 7.77. The Bertz CT molecular complexity index is 1030. The highest BCUT2D eigenvalue weighted by molar-refractivity contribution is 5.91. The normalized spacial score (nSPS) is 17.4. The predicted molar refractivity (Wildman–Crippen MR) is 112 cm³/mol. The first kappa shape index (κ1) is 20.2. The molecule has 2 aromatic heterocycles. The van der Waals surface area contributed by atoms with Crippen LogP contribution in [0.5, 0.6) is 5.75 Å². The molecule has 4 rings (SSSR count). The summed E-state index contributed by atoms with van der Waals surface area (Å²) in [6.45, 7) is 4.76. The number of hydrogen-bond acceptors (Lipinski definition) is 5. The Morgan fingerprint density at radius 1 is 1.23 bits per heavy atom. The van der Waals surface area contributed by atoms with Gasteiger partial charge in [0, 0.05) is 12.7 Å². The van der Waals surface area contributed by atoms with E-state index in [9.17, 15) is 4.79 Å². The molecule has 1 aromatic carbocycles. The zero-order valence-corrected chi connectivity index (χ0v) is 17.8. The van der Waals surface area contributed by atoms with E-state index < -0.39 is 0 Å². The maximum Gasteiger partial charge on any atom is 0.287 e. The predicted octanol–water partition coefficient (Wildman–Crippen LogP) is 4.06. The minimum atomic E-state index is -0.233. The summed E-state index contributed by atoms with van der Waals surface area (Å²) < 4.78 is 17.9. The van der Waals surface area contributed by atoms with Crippen molar-refractivity contribution in [3.63, 3.8) is 0 Å². The van der Waals surface area contributed by atoms with Crippen LogP contribution >= 0.6 is 0 Å². The van der Waals surface area contributed by atoms with E-state index in [1.54, 1.807) is 26.4 Å². The Morgan fingerprint density at radius 3 is 2.70 bits per heavy atom. The summed E-state index contributed by atoms with van der Waals surface area (Å²) in [6, 6.07) is 11.1. The number of nitrogens with zero attached hydrogens (tertiary/aromatic N) is 2. The Labute approximate surface area is 176 Å². The SMILES string of the molecule is COCc1ccc(C(=O)N[C@@H]2CC(C)(C)Cc3c2cnn3-c2ccc(OC)cc2)o1. The highest BCUT2D eigenvalue weighted by atomic mass is 16.5. The molecule has 7 heteroatoms. The van der Waals surface area contributed by atoms with Gasteiger partial charge in [-0.3, -0.25) is 4.79 Å². The minimum absolute atomic E-state index is 0.0135. The van der Waals surface area contributed by atoms with E-state index in [2.05, 4.69) is 24.3 Å². The molecule has 1 aliphatic rings. The molecule has 158 valence electrons. The number of hydrogen-bond donors (Lipinski definition) is 1. The number of fused-ring (bicyclic) bond motifs is 1. The Morgan fingerprint density at radius 2 is 2.00 bits per heavy atom. The molecule has 0 radical (unpaired) electrons.